The summed E-state index contributed by atoms with van der Waals surface area (Å²) in [4.78, 5) is 23.1. The summed E-state index contributed by atoms with van der Waals surface area (Å²) in [6.45, 7) is 5.76. The zero-order valence-electron chi connectivity index (χ0n) is 13.0. The van der Waals surface area contributed by atoms with Gasteiger partial charge >= 0.3 is 5.97 Å². The second-order valence-corrected chi connectivity index (χ2v) is 6.23. The van der Waals surface area contributed by atoms with Gasteiger partial charge in [0.2, 0.25) is 0 Å². The largest absolute Gasteiger partial charge is 0.486 e. The van der Waals surface area contributed by atoms with Crippen LogP contribution in [0.15, 0.2) is 24.3 Å². The van der Waals surface area contributed by atoms with Gasteiger partial charge in [-0.05, 0) is 45.7 Å². The lowest BCUT2D eigenvalue weighted by Crippen LogP contribution is -2.30. The van der Waals surface area contributed by atoms with Crippen LogP contribution in [0.2, 0.25) is 0 Å². The van der Waals surface area contributed by atoms with Crippen LogP contribution in [0.3, 0.4) is 0 Å². The molecule has 0 saturated carbocycles. The van der Waals surface area contributed by atoms with Gasteiger partial charge in [0.25, 0.3) is 5.91 Å². The van der Waals surface area contributed by atoms with Crippen LogP contribution < -0.4 is 10.1 Å². The smallest absolute Gasteiger partial charge is 0.332 e. The van der Waals surface area contributed by atoms with Gasteiger partial charge in [0.15, 0.2) is 6.10 Å². The number of anilines is 1. The second-order valence-electron chi connectivity index (χ2n) is 6.23. The van der Waals surface area contributed by atoms with Crippen LogP contribution >= 0.6 is 0 Å². The molecule has 1 saturated heterocycles. The lowest BCUT2D eigenvalue weighted by atomic mass is 10.1. The molecule has 0 spiro atoms. The topological polar surface area (TPSA) is 84.9 Å². The minimum Gasteiger partial charge on any atom is -0.486 e. The molecule has 0 radical (unpaired) electrons. The predicted molar refractivity (Wildman–Crippen MR) is 81.0 cm³/mol. The van der Waals surface area contributed by atoms with Gasteiger partial charge in [0.1, 0.15) is 17.5 Å². The number of carboxylic acids is 1. The van der Waals surface area contributed by atoms with E-state index in [4.69, 9.17) is 14.6 Å². The van der Waals surface area contributed by atoms with E-state index in [1.54, 1.807) is 18.2 Å². The van der Waals surface area contributed by atoms with Crippen LogP contribution in [-0.4, -0.2) is 34.8 Å². The molecule has 1 heterocycles. The second kappa shape index (κ2) is 6.36. The van der Waals surface area contributed by atoms with Crippen LogP contribution in [0, 0.1) is 0 Å². The third-order valence-electron chi connectivity index (χ3n) is 3.15. The summed E-state index contributed by atoms with van der Waals surface area (Å²) in [7, 11) is 0. The van der Waals surface area contributed by atoms with Crippen molar-refractivity contribution in [3.63, 3.8) is 0 Å². The number of rotatable bonds is 4. The van der Waals surface area contributed by atoms with E-state index in [0.717, 1.165) is 0 Å². The van der Waals surface area contributed by atoms with Crippen molar-refractivity contribution in [1.29, 1.82) is 0 Å². The van der Waals surface area contributed by atoms with Gasteiger partial charge in [0, 0.05) is 0 Å². The fourth-order valence-electron chi connectivity index (χ4n) is 2.21. The SMILES string of the molecule is CC(C)(C)Oc1ccccc1NC(=O)[C@@H]1CC[C@H](C(=O)O)O1. The molecular formula is C16H21NO5. The predicted octanol–water partition coefficient (Wildman–Crippen LogP) is 2.43. The van der Waals surface area contributed by atoms with E-state index in [-0.39, 0.29) is 11.5 Å². The van der Waals surface area contributed by atoms with E-state index in [1.807, 2.05) is 26.8 Å². The minimum atomic E-state index is -1.04. The molecule has 1 aliphatic heterocycles. The van der Waals surface area contributed by atoms with Crippen LogP contribution in [0.1, 0.15) is 33.6 Å². The average Bonchev–Trinajstić information content (AvgIpc) is 2.89. The number of hydrogen-bond acceptors (Lipinski definition) is 4. The molecule has 22 heavy (non-hydrogen) atoms. The number of aliphatic carboxylic acids is 1. The van der Waals surface area contributed by atoms with E-state index in [9.17, 15) is 9.59 Å². The molecule has 2 N–H and O–H groups in total. The minimum absolute atomic E-state index is 0.341. The Morgan fingerprint density at radius 3 is 2.45 bits per heavy atom. The maximum absolute atomic E-state index is 12.2. The number of amides is 1. The van der Waals surface area contributed by atoms with E-state index in [0.29, 0.717) is 24.3 Å². The fourth-order valence-corrected chi connectivity index (χ4v) is 2.21. The van der Waals surface area contributed by atoms with Crippen molar-refractivity contribution in [2.24, 2.45) is 0 Å². The number of carbonyl (C=O) groups is 2. The summed E-state index contributed by atoms with van der Waals surface area (Å²) in [6, 6.07) is 7.13. The molecular weight excluding hydrogens is 286 g/mol. The zero-order valence-corrected chi connectivity index (χ0v) is 13.0. The first kappa shape index (κ1) is 16.3. The molecule has 2 rings (SSSR count). The molecule has 0 bridgehead atoms. The van der Waals surface area contributed by atoms with Gasteiger partial charge in [-0.25, -0.2) is 4.79 Å². The first-order valence-corrected chi connectivity index (χ1v) is 7.23. The highest BCUT2D eigenvalue weighted by Crippen LogP contribution is 2.29. The van der Waals surface area contributed by atoms with Crippen LogP contribution in [0.25, 0.3) is 0 Å². The van der Waals surface area contributed by atoms with Crippen molar-refractivity contribution in [1.82, 2.24) is 0 Å². The highest BCUT2D eigenvalue weighted by molar-refractivity contribution is 5.96. The number of hydrogen-bond donors (Lipinski definition) is 2. The molecule has 0 aliphatic carbocycles. The Morgan fingerprint density at radius 1 is 1.23 bits per heavy atom. The van der Waals surface area contributed by atoms with Crippen molar-refractivity contribution in [3.8, 4) is 5.75 Å². The quantitative estimate of drug-likeness (QED) is 0.892. The van der Waals surface area contributed by atoms with Gasteiger partial charge in [-0.15, -0.1) is 0 Å². The third kappa shape index (κ3) is 4.21. The van der Waals surface area contributed by atoms with Gasteiger partial charge < -0.3 is 19.9 Å². The van der Waals surface area contributed by atoms with Crippen LogP contribution in [0.5, 0.6) is 5.75 Å². The van der Waals surface area contributed by atoms with Crippen molar-refractivity contribution < 1.29 is 24.2 Å². The lowest BCUT2D eigenvalue weighted by molar-refractivity contribution is -0.150. The molecule has 120 valence electrons. The highest BCUT2D eigenvalue weighted by atomic mass is 16.5. The summed E-state index contributed by atoms with van der Waals surface area (Å²) in [5.41, 5.74) is 0.156. The third-order valence-corrected chi connectivity index (χ3v) is 3.15. The van der Waals surface area contributed by atoms with Crippen molar-refractivity contribution >= 4 is 17.6 Å². The lowest BCUT2D eigenvalue weighted by Gasteiger charge is -2.23. The number of nitrogens with one attached hydrogen (secondary N) is 1. The fraction of sp³-hybridized carbons (Fsp3) is 0.500. The van der Waals surface area contributed by atoms with Gasteiger partial charge in [0.05, 0.1) is 5.69 Å². The number of benzene rings is 1. The molecule has 0 unspecified atom stereocenters. The summed E-state index contributed by atoms with van der Waals surface area (Å²) >= 11 is 0. The molecule has 2 atom stereocenters. The van der Waals surface area contributed by atoms with E-state index < -0.39 is 18.2 Å². The average molecular weight is 307 g/mol. The number of carboxylic acid groups (broad SMARTS) is 1. The molecule has 1 fully saturated rings. The Kier molecular flexibility index (Phi) is 4.71. The van der Waals surface area contributed by atoms with Gasteiger partial charge in [-0.3, -0.25) is 4.79 Å². The Balaban J connectivity index is 2.05. The van der Waals surface area contributed by atoms with Gasteiger partial charge in [-0.1, -0.05) is 12.1 Å². The summed E-state index contributed by atoms with van der Waals surface area (Å²) in [6.07, 6.45) is -0.917. The highest BCUT2D eigenvalue weighted by Gasteiger charge is 2.35. The Bertz CT molecular complexity index is 564. The molecule has 1 aromatic rings. The molecule has 1 amide bonds. The molecule has 6 nitrogen and oxygen atoms in total. The summed E-state index contributed by atoms with van der Waals surface area (Å²) in [5.74, 6) is -0.823. The van der Waals surface area contributed by atoms with Crippen molar-refractivity contribution in [2.45, 2.75) is 51.4 Å². The molecule has 0 aromatic heterocycles. The maximum atomic E-state index is 12.2. The van der Waals surface area contributed by atoms with Crippen LogP contribution in [0.4, 0.5) is 5.69 Å². The zero-order chi connectivity index (χ0) is 16.3. The molecule has 1 aliphatic rings. The molecule has 1 aromatic carbocycles. The molecule has 6 heteroatoms. The van der Waals surface area contributed by atoms with Gasteiger partial charge in [-0.2, -0.15) is 0 Å². The van der Waals surface area contributed by atoms with Crippen LogP contribution in [-0.2, 0) is 14.3 Å². The Labute approximate surface area is 129 Å². The number of ether oxygens (including phenoxy) is 2. The maximum Gasteiger partial charge on any atom is 0.332 e. The Hall–Kier alpha value is -2.08. The van der Waals surface area contributed by atoms with Crippen molar-refractivity contribution in [3.05, 3.63) is 24.3 Å². The number of carbonyl (C=O) groups excluding carboxylic acids is 1. The number of para-hydroxylation sites is 2. The first-order chi connectivity index (χ1) is 10.3. The Morgan fingerprint density at radius 2 is 1.86 bits per heavy atom. The van der Waals surface area contributed by atoms with E-state index >= 15 is 0 Å². The standard InChI is InChI=1S/C16H21NO5/c1-16(2,3)22-11-7-5-4-6-10(11)17-14(18)12-8-9-13(21-12)15(19)20/h4-7,12-13H,8-9H2,1-3H3,(H,17,18)(H,19,20)/t12-,13+/m0/s1. The van der Waals surface area contributed by atoms with E-state index in [2.05, 4.69) is 5.32 Å². The first-order valence-electron chi connectivity index (χ1n) is 7.23. The summed E-state index contributed by atoms with van der Waals surface area (Å²) in [5, 5.41) is 11.7. The van der Waals surface area contributed by atoms with Crippen molar-refractivity contribution in [2.75, 3.05) is 5.32 Å². The monoisotopic (exact) mass is 307 g/mol. The summed E-state index contributed by atoms with van der Waals surface area (Å²) < 4.78 is 11.1. The normalized spacial score (nSPS) is 21.4. The van der Waals surface area contributed by atoms with E-state index in [1.165, 1.54) is 0 Å².